The fraction of sp³-hybridized carbons (Fsp3) is 0.750. The lowest BCUT2D eigenvalue weighted by atomic mass is 9.93. The molecule has 0 spiro atoms. The van der Waals surface area contributed by atoms with Crippen molar-refractivity contribution in [2.24, 2.45) is 11.8 Å². The van der Waals surface area contributed by atoms with Gasteiger partial charge in [-0.2, -0.15) is 0 Å². The molecule has 2 amide bonds. The second-order valence-corrected chi connectivity index (χ2v) is 10.5. The van der Waals surface area contributed by atoms with E-state index < -0.39 is 12.0 Å². The Labute approximate surface area is 201 Å². The fourth-order valence-corrected chi connectivity index (χ4v) is 5.28. The highest BCUT2D eigenvalue weighted by Crippen LogP contribution is 2.22. The molecule has 1 aliphatic heterocycles. The molecular formula is C24H40N4O4S. The lowest BCUT2D eigenvalue weighted by Gasteiger charge is -2.37. The van der Waals surface area contributed by atoms with E-state index in [4.69, 9.17) is 5.11 Å². The van der Waals surface area contributed by atoms with E-state index in [0.717, 1.165) is 37.2 Å². The van der Waals surface area contributed by atoms with E-state index in [1.54, 1.807) is 10.3 Å². The van der Waals surface area contributed by atoms with Crippen LogP contribution in [0.15, 0.2) is 5.38 Å². The van der Waals surface area contributed by atoms with Crippen LogP contribution < -0.4 is 5.32 Å². The molecule has 0 aromatic carbocycles. The summed E-state index contributed by atoms with van der Waals surface area (Å²) >= 11 is 1.33. The molecule has 2 rings (SSSR count). The number of nitrogens with one attached hydrogen (secondary N) is 1. The van der Waals surface area contributed by atoms with E-state index in [1.807, 2.05) is 27.9 Å². The van der Waals surface area contributed by atoms with Gasteiger partial charge in [-0.1, -0.05) is 40.5 Å². The average Bonchev–Trinajstić information content (AvgIpc) is 3.25. The molecule has 2 N–H and O–H groups in total. The number of likely N-dealkylation sites (tertiary alicyclic amines) is 1. The van der Waals surface area contributed by atoms with Crippen molar-refractivity contribution in [1.29, 1.82) is 0 Å². The van der Waals surface area contributed by atoms with Crippen molar-refractivity contribution in [1.82, 2.24) is 20.1 Å². The van der Waals surface area contributed by atoms with Gasteiger partial charge in [0.1, 0.15) is 6.04 Å². The van der Waals surface area contributed by atoms with Gasteiger partial charge in [-0.25, -0.2) is 9.78 Å². The molecule has 1 fully saturated rings. The number of hydrogen-bond donors (Lipinski definition) is 2. The smallest absolute Gasteiger partial charge is 0.355 e. The quantitative estimate of drug-likeness (QED) is 0.504. The van der Waals surface area contributed by atoms with Crippen LogP contribution in [-0.2, 0) is 16.0 Å². The van der Waals surface area contributed by atoms with Crippen LogP contribution in [0.2, 0.25) is 0 Å². The molecule has 1 aromatic heterocycles. The zero-order valence-electron chi connectivity index (χ0n) is 20.8. The maximum Gasteiger partial charge on any atom is 0.355 e. The van der Waals surface area contributed by atoms with Gasteiger partial charge in [-0.05, 0) is 44.7 Å². The van der Waals surface area contributed by atoms with Gasteiger partial charge in [0.25, 0.3) is 0 Å². The standard InChI is InChI=1S/C24H40N4O4S/c1-7-16(4)21(26-22(29)19-10-8-9-13-27(19)5)23(30)28(6)18(15(2)3)11-12-20-25-17(14-33-20)24(31)32/h14-16,18-19,21H,7-13H2,1-6H3,(H,26,29)(H,31,32)/t16-,18+,19?,21-/m0/s1. The third-order valence-corrected chi connectivity index (χ3v) is 7.80. The third-order valence-electron chi connectivity index (χ3n) is 6.89. The maximum atomic E-state index is 13.6. The van der Waals surface area contributed by atoms with Crippen molar-refractivity contribution in [3.05, 3.63) is 16.1 Å². The molecule has 33 heavy (non-hydrogen) atoms. The second-order valence-electron chi connectivity index (χ2n) is 9.59. The molecule has 1 saturated heterocycles. The Balaban J connectivity index is 2.11. The van der Waals surface area contributed by atoms with Crippen LogP contribution in [0.25, 0.3) is 0 Å². The van der Waals surface area contributed by atoms with Gasteiger partial charge in [0.15, 0.2) is 5.69 Å². The summed E-state index contributed by atoms with van der Waals surface area (Å²) in [5, 5.41) is 14.5. The Hall–Kier alpha value is -2.00. The molecule has 4 atom stereocenters. The molecule has 186 valence electrons. The molecule has 0 saturated carbocycles. The van der Waals surface area contributed by atoms with E-state index in [2.05, 4.69) is 29.0 Å². The molecule has 1 aliphatic rings. The molecular weight excluding hydrogens is 440 g/mol. The number of aromatic carboxylic acids is 1. The molecule has 1 unspecified atom stereocenters. The lowest BCUT2D eigenvalue weighted by Crippen LogP contribution is -2.57. The SMILES string of the molecule is CC[C@H](C)[C@H](NC(=O)C1CCCCN1C)C(=O)N(C)[C@H](CCc1nc(C(=O)O)cs1)C(C)C. The van der Waals surface area contributed by atoms with Gasteiger partial charge in [0.05, 0.1) is 11.0 Å². The van der Waals surface area contributed by atoms with E-state index in [-0.39, 0.29) is 41.4 Å². The van der Waals surface area contributed by atoms with Crippen LogP contribution in [0.1, 0.15) is 75.3 Å². The van der Waals surface area contributed by atoms with Gasteiger partial charge < -0.3 is 15.3 Å². The summed E-state index contributed by atoms with van der Waals surface area (Å²) in [6.07, 6.45) is 5.01. The van der Waals surface area contributed by atoms with Crippen LogP contribution in [0.5, 0.6) is 0 Å². The van der Waals surface area contributed by atoms with Crippen molar-refractivity contribution in [3.63, 3.8) is 0 Å². The predicted molar refractivity (Wildman–Crippen MR) is 130 cm³/mol. The molecule has 9 heteroatoms. The predicted octanol–water partition coefficient (Wildman–Crippen LogP) is 3.27. The number of aryl methyl sites for hydroxylation is 1. The average molecular weight is 481 g/mol. The fourth-order valence-electron chi connectivity index (χ4n) is 4.49. The third kappa shape index (κ3) is 7.24. The number of thiazole rings is 1. The lowest BCUT2D eigenvalue weighted by molar-refractivity contribution is -0.140. The zero-order valence-corrected chi connectivity index (χ0v) is 21.7. The Morgan fingerprint density at radius 2 is 2.00 bits per heavy atom. The van der Waals surface area contributed by atoms with Crippen LogP contribution in [-0.4, -0.2) is 76.4 Å². The summed E-state index contributed by atoms with van der Waals surface area (Å²) in [4.78, 5) is 45.8. The van der Waals surface area contributed by atoms with Gasteiger partial charge in [-0.3, -0.25) is 14.5 Å². The highest BCUT2D eigenvalue weighted by atomic mass is 32.1. The molecule has 1 aromatic rings. The Kier molecular flexibility index (Phi) is 10.3. The van der Waals surface area contributed by atoms with Crippen molar-refractivity contribution in [3.8, 4) is 0 Å². The monoisotopic (exact) mass is 480 g/mol. The first-order chi connectivity index (χ1) is 15.6. The number of rotatable bonds is 11. The van der Waals surface area contributed by atoms with Gasteiger partial charge in [0.2, 0.25) is 11.8 Å². The second kappa shape index (κ2) is 12.5. The number of piperidine rings is 1. The normalized spacial score (nSPS) is 19.7. The van der Waals surface area contributed by atoms with Crippen LogP contribution >= 0.6 is 11.3 Å². The Bertz CT molecular complexity index is 812. The number of hydrogen-bond acceptors (Lipinski definition) is 6. The van der Waals surface area contributed by atoms with E-state index >= 15 is 0 Å². The summed E-state index contributed by atoms with van der Waals surface area (Å²) in [6.45, 7) is 9.09. The number of nitrogens with zero attached hydrogens (tertiary/aromatic N) is 3. The largest absolute Gasteiger partial charge is 0.476 e. The first-order valence-electron chi connectivity index (χ1n) is 12.0. The van der Waals surface area contributed by atoms with Crippen LogP contribution in [0.4, 0.5) is 0 Å². The minimum absolute atomic E-state index is 0.0164. The Morgan fingerprint density at radius 1 is 1.30 bits per heavy atom. The highest BCUT2D eigenvalue weighted by molar-refractivity contribution is 7.09. The highest BCUT2D eigenvalue weighted by Gasteiger charge is 2.35. The molecule has 0 bridgehead atoms. The van der Waals surface area contributed by atoms with E-state index in [9.17, 15) is 14.4 Å². The number of carboxylic acids is 1. The van der Waals surface area contributed by atoms with Crippen LogP contribution in [0.3, 0.4) is 0 Å². The summed E-state index contributed by atoms with van der Waals surface area (Å²) in [7, 11) is 3.78. The van der Waals surface area contributed by atoms with Crippen LogP contribution in [0, 0.1) is 11.8 Å². The van der Waals surface area contributed by atoms with Gasteiger partial charge in [0, 0.05) is 24.9 Å². The molecule has 8 nitrogen and oxygen atoms in total. The van der Waals surface area contributed by atoms with E-state index in [0.29, 0.717) is 12.8 Å². The topological polar surface area (TPSA) is 103 Å². The summed E-state index contributed by atoms with van der Waals surface area (Å²) in [5.41, 5.74) is 0.0627. The van der Waals surface area contributed by atoms with Gasteiger partial charge >= 0.3 is 5.97 Å². The summed E-state index contributed by atoms with van der Waals surface area (Å²) in [6, 6.07) is -0.796. The van der Waals surface area contributed by atoms with Crippen molar-refractivity contribution < 1.29 is 19.5 Å². The summed E-state index contributed by atoms with van der Waals surface area (Å²) < 4.78 is 0. The van der Waals surface area contributed by atoms with Crippen molar-refractivity contribution in [2.45, 2.75) is 84.3 Å². The number of carbonyl (C=O) groups is 3. The zero-order chi connectivity index (χ0) is 24.7. The van der Waals surface area contributed by atoms with Crippen molar-refractivity contribution in [2.75, 3.05) is 20.6 Å². The number of carboxylic acid groups (broad SMARTS) is 1. The maximum absolute atomic E-state index is 13.6. The minimum atomic E-state index is -1.03. The molecule has 2 heterocycles. The van der Waals surface area contributed by atoms with Crippen molar-refractivity contribution >= 4 is 29.1 Å². The molecule has 0 aliphatic carbocycles. The number of aromatic nitrogens is 1. The number of amides is 2. The molecule has 0 radical (unpaired) electrons. The first-order valence-corrected chi connectivity index (χ1v) is 12.9. The number of likely N-dealkylation sites (N-methyl/N-ethyl adjacent to an activating group) is 2. The first kappa shape index (κ1) is 27.2. The summed E-state index contributed by atoms with van der Waals surface area (Å²) in [5.74, 6) is -0.936. The Morgan fingerprint density at radius 3 is 2.55 bits per heavy atom. The van der Waals surface area contributed by atoms with Gasteiger partial charge in [-0.15, -0.1) is 11.3 Å². The minimum Gasteiger partial charge on any atom is -0.476 e. The van der Waals surface area contributed by atoms with E-state index in [1.165, 1.54) is 11.3 Å². The number of carbonyl (C=O) groups excluding carboxylic acids is 2.